The summed E-state index contributed by atoms with van der Waals surface area (Å²) in [7, 11) is 0. The topological polar surface area (TPSA) is 35.5 Å². The fourth-order valence-corrected chi connectivity index (χ4v) is 4.26. The summed E-state index contributed by atoms with van der Waals surface area (Å²) in [5, 5.41) is 0. The van der Waals surface area contributed by atoms with Crippen LogP contribution < -0.4 is 0 Å². The van der Waals surface area contributed by atoms with Gasteiger partial charge in [0.25, 0.3) is 0 Å². The third-order valence-electron chi connectivity index (χ3n) is 5.27. The Morgan fingerprint density at radius 2 is 1.82 bits per heavy atom. The third kappa shape index (κ3) is 1.39. The highest BCUT2D eigenvalue weighted by Crippen LogP contribution is 2.69. The zero-order valence-corrected chi connectivity index (χ0v) is 10.5. The lowest BCUT2D eigenvalue weighted by molar-refractivity contribution is -0.235. The van der Waals surface area contributed by atoms with Gasteiger partial charge < -0.3 is 9.47 Å². The van der Waals surface area contributed by atoms with Crippen LogP contribution in [0.25, 0.3) is 0 Å². The van der Waals surface area contributed by atoms with Crippen molar-refractivity contribution >= 4 is 5.78 Å². The van der Waals surface area contributed by atoms with Crippen molar-refractivity contribution in [2.24, 2.45) is 35.0 Å². The van der Waals surface area contributed by atoms with Gasteiger partial charge in [-0.2, -0.15) is 0 Å². The molecule has 94 valence electrons. The number of hydrogen-bond acceptors (Lipinski definition) is 3. The van der Waals surface area contributed by atoms with Crippen LogP contribution in [0.2, 0.25) is 0 Å². The number of carbonyl (C=O) groups excluding carboxylic acids is 1. The van der Waals surface area contributed by atoms with E-state index in [1.165, 1.54) is 0 Å². The Hall–Kier alpha value is -0.410. The highest BCUT2D eigenvalue weighted by Gasteiger charge is 2.69. The van der Waals surface area contributed by atoms with Crippen LogP contribution in [-0.4, -0.2) is 25.3 Å². The van der Waals surface area contributed by atoms with Gasteiger partial charge in [0.05, 0.1) is 13.2 Å². The number of rotatable bonds is 1. The van der Waals surface area contributed by atoms with E-state index >= 15 is 0 Å². The minimum Gasteiger partial charge on any atom is -0.352 e. The highest BCUT2D eigenvalue weighted by atomic mass is 16.7. The summed E-state index contributed by atoms with van der Waals surface area (Å²) in [5.41, 5.74) is 0.162. The van der Waals surface area contributed by atoms with Crippen LogP contribution in [0, 0.1) is 35.0 Å². The molecule has 0 aromatic heterocycles. The number of fused-ring (bicyclic) bond motifs is 3. The second-order valence-electron chi connectivity index (χ2n) is 7.15. The molecule has 17 heavy (non-hydrogen) atoms. The molecule has 0 bridgehead atoms. The van der Waals surface area contributed by atoms with Crippen molar-refractivity contribution < 1.29 is 14.3 Å². The first-order valence-electron chi connectivity index (χ1n) is 6.83. The molecule has 0 N–H and O–H groups in total. The zero-order valence-electron chi connectivity index (χ0n) is 10.5. The highest BCUT2D eigenvalue weighted by molar-refractivity contribution is 5.88. The maximum Gasteiger partial charge on any atom is 0.160 e. The van der Waals surface area contributed by atoms with Gasteiger partial charge in [0, 0.05) is 23.7 Å². The number of Topliss-reactive ketones (excluding diaryl/α,β-unsaturated/α-hetero) is 1. The first kappa shape index (κ1) is 10.5. The average molecular weight is 236 g/mol. The Balaban J connectivity index is 1.40. The van der Waals surface area contributed by atoms with Gasteiger partial charge >= 0.3 is 0 Å². The molecule has 4 aliphatic rings. The smallest absolute Gasteiger partial charge is 0.160 e. The fourth-order valence-electron chi connectivity index (χ4n) is 4.26. The fraction of sp³-hybridized carbons (Fsp3) is 0.929. The van der Waals surface area contributed by atoms with E-state index in [2.05, 4.69) is 13.8 Å². The molecule has 3 saturated carbocycles. The van der Waals surface area contributed by atoms with E-state index in [1.54, 1.807) is 0 Å². The van der Waals surface area contributed by atoms with Crippen LogP contribution in [0.3, 0.4) is 0 Å². The molecule has 4 fully saturated rings. The third-order valence-corrected chi connectivity index (χ3v) is 5.27. The van der Waals surface area contributed by atoms with Crippen molar-refractivity contribution in [3.8, 4) is 0 Å². The van der Waals surface area contributed by atoms with Crippen molar-refractivity contribution in [3.63, 3.8) is 0 Å². The molecular weight excluding hydrogens is 216 g/mol. The van der Waals surface area contributed by atoms with Gasteiger partial charge in [-0.3, -0.25) is 4.79 Å². The van der Waals surface area contributed by atoms with E-state index in [0.29, 0.717) is 23.5 Å². The van der Waals surface area contributed by atoms with Crippen molar-refractivity contribution in [1.82, 2.24) is 0 Å². The molecule has 0 aromatic carbocycles. The molecule has 1 saturated heterocycles. The molecular formula is C14H20O3. The lowest BCUT2D eigenvalue weighted by atomic mass is 9.71. The number of hydrogen-bond donors (Lipinski definition) is 0. The van der Waals surface area contributed by atoms with Crippen molar-refractivity contribution in [2.75, 3.05) is 13.2 Å². The van der Waals surface area contributed by atoms with Crippen LogP contribution in [0.15, 0.2) is 0 Å². The van der Waals surface area contributed by atoms with Crippen molar-refractivity contribution in [2.45, 2.75) is 33.0 Å². The van der Waals surface area contributed by atoms with Gasteiger partial charge in [-0.15, -0.1) is 0 Å². The van der Waals surface area contributed by atoms with E-state index in [9.17, 15) is 4.79 Å². The van der Waals surface area contributed by atoms with Gasteiger partial charge in [0.2, 0.25) is 0 Å². The summed E-state index contributed by atoms with van der Waals surface area (Å²) in [6.45, 7) is 5.97. The predicted molar refractivity (Wildman–Crippen MR) is 61.2 cm³/mol. The maximum absolute atomic E-state index is 11.4. The average Bonchev–Trinajstić information content (AvgIpc) is 2.87. The number of carbonyl (C=O) groups is 1. The standard InChI is InChI=1S/C14H20O3/c1-14(2)5-16-13(17-6-14)12-9-3-7-8(11(9)12)4-10(7)15/h7-9,11-13H,3-6H2,1-2H3/t7-,8-,9+,11-,12+/m0/s1. The van der Waals surface area contributed by atoms with Crippen molar-refractivity contribution in [3.05, 3.63) is 0 Å². The molecule has 0 spiro atoms. The molecule has 5 atom stereocenters. The molecule has 1 aliphatic heterocycles. The molecule has 3 aliphatic carbocycles. The molecule has 0 unspecified atom stereocenters. The summed E-state index contributed by atoms with van der Waals surface area (Å²) < 4.78 is 11.8. The molecule has 0 aromatic rings. The SMILES string of the molecule is CC1(C)COC([C@@H]2[C@@H]3C[C@@H]4C(=O)C[C@@H]4[C@@H]32)OC1. The Kier molecular flexibility index (Phi) is 1.93. The first-order valence-corrected chi connectivity index (χ1v) is 6.83. The maximum atomic E-state index is 11.4. The number of ketones is 1. The monoisotopic (exact) mass is 236 g/mol. The van der Waals surface area contributed by atoms with Gasteiger partial charge in [-0.1, -0.05) is 13.8 Å². The lowest BCUT2D eigenvalue weighted by Crippen LogP contribution is -2.42. The molecule has 4 rings (SSSR count). The normalized spacial score (nSPS) is 51.6. The Bertz CT molecular complexity index is 366. The number of ether oxygens (including phenoxy) is 2. The van der Waals surface area contributed by atoms with Crippen LogP contribution in [0.5, 0.6) is 0 Å². The van der Waals surface area contributed by atoms with Gasteiger partial charge in [0.1, 0.15) is 5.78 Å². The van der Waals surface area contributed by atoms with Crippen LogP contribution in [-0.2, 0) is 14.3 Å². The van der Waals surface area contributed by atoms with E-state index in [4.69, 9.17) is 9.47 Å². The van der Waals surface area contributed by atoms with E-state index in [0.717, 1.165) is 37.9 Å². The second-order valence-corrected chi connectivity index (χ2v) is 7.15. The summed E-state index contributed by atoms with van der Waals surface area (Å²) >= 11 is 0. The molecule has 0 radical (unpaired) electrons. The lowest BCUT2D eigenvalue weighted by Gasteiger charge is -2.38. The van der Waals surface area contributed by atoms with Crippen molar-refractivity contribution in [1.29, 1.82) is 0 Å². The predicted octanol–water partition coefficient (Wildman–Crippen LogP) is 1.86. The van der Waals surface area contributed by atoms with Gasteiger partial charge in [-0.25, -0.2) is 0 Å². The summed E-state index contributed by atoms with van der Waals surface area (Å²) in [6, 6.07) is 0. The Morgan fingerprint density at radius 3 is 2.41 bits per heavy atom. The Labute approximate surface area is 102 Å². The van der Waals surface area contributed by atoms with E-state index < -0.39 is 0 Å². The largest absolute Gasteiger partial charge is 0.352 e. The van der Waals surface area contributed by atoms with E-state index in [1.807, 2.05) is 0 Å². The minimum absolute atomic E-state index is 0.0228. The molecule has 1 heterocycles. The zero-order chi connectivity index (χ0) is 11.8. The molecule has 3 heteroatoms. The van der Waals surface area contributed by atoms with Gasteiger partial charge in [0.15, 0.2) is 6.29 Å². The van der Waals surface area contributed by atoms with Crippen LogP contribution in [0.1, 0.15) is 26.7 Å². The second kappa shape index (κ2) is 3.12. The minimum atomic E-state index is 0.0228. The summed E-state index contributed by atoms with van der Waals surface area (Å²) in [5.74, 6) is 3.67. The van der Waals surface area contributed by atoms with Crippen LogP contribution in [0.4, 0.5) is 0 Å². The summed E-state index contributed by atoms with van der Waals surface area (Å²) in [4.78, 5) is 11.4. The molecule has 0 amide bonds. The summed E-state index contributed by atoms with van der Waals surface area (Å²) in [6.07, 6.45) is 1.97. The van der Waals surface area contributed by atoms with Gasteiger partial charge in [-0.05, 0) is 24.2 Å². The van der Waals surface area contributed by atoms with E-state index in [-0.39, 0.29) is 11.7 Å². The Morgan fingerprint density at radius 1 is 1.12 bits per heavy atom. The molecule has 3 nitrogen and oxygen atoms in total. The van der Waals surface area contributed by atoms with Crippen LogP contribution >= 0.6 is 0 Å². The quantitative estimate of drug-likeness (QED) is 0.697. The first-order chi connectivity index (χ1) is 8.07.